The van der Waals surface area contributed by atoms with E-state index in [-0.39, 0.29) is 30.3 Å². The van der Waals surface area contributed by atoms with Gasteiger partial charge in [0.15, 0.2) is 6.04 Å². The lowest BCUT2D eigenvalue weighted by Gasteiger charge is -2.37. The van der Waals surface area contributed by atoms with Crippen LogP contribution in [0.2, 0.25) is 0 Å². The van der Waals surface area contributed by atoms with E-state index in [4.69, 9.17) is 4.74 Å². The second-order valence-corrected chi connectivity index (χ2v) is 6.54. The van der Waals surface area contributed by atoms with Gasteiger partial charge in [-0.05, 0) is 31.9 Å². The molecule has 2 amide bonds. The topological polar surface area (TPSA) is 84.0 Å². The summed E-state index contributed by atoms with van der Waals surface area (Å²) < 4.78 is 5.52. The molecule has 1 aromatic rings. The van der Waals surface area contributed by atoms with Gasteiger partial charge in [0, 0.05) is 6.42 Å². The van der Waals surface area contributed by atoms with Crippen LogP contribution in [-0.2, 0) is 9.59 Å². The maximum absolute atomic E-state index is 12.4. The van der Waals surface area contributed by atoms with E-state index >= 15 is 0 Å². The average Bonchev–Trinajstić information content (AvgIpc) is 2.57. The Labute approximate surface area is 142 Å². The van der Waals surface area contributed by atoms with Crippen LogP contribution in [-0.4, -0.2) is 36.5 Å². The Morgan fingerprint density at radius 2 is 2.12 bits per heavy atom. The lowest BCUT2D eigenvalue weighted by molar-refractivity contribution is -0.718. The Morgan fingerprint density at radius 3 is 2.96 bits per heavy atom. The van der Waals surface area contributed by atoms with Gasteiger partial charge in [0.2, 0.25) is 5.91 Å². The van der Waals surface area contributed by atoms with Gasteiger partial charge in [-0.3, -0.25) is 9.59 Å². The summed E-state index contributed by atoms with van der Waals surface area (Å²) in [5, 5.41) is 8.06. The summed E-state index contributed by atoms with van der Waals surface area (Å²) in [6, 6.07) is 7.68. The van der Waals surface area contributed by atoms with Crippen LogP contribution in [0.25, 0.3) is 0 Å². The predicted molar refractivity (Wildman–Crippen MR) is 90.8 cm³/mol. The minimum absolute atomic E-state index is 0.0219. The first-order valence-electron chi connectivity index (χ1n) is 8.84. The molecule has 1 heterocycles. The number of piperazine rings is 1. The van der Waals surface area contributed by atoms with Crippen molar-refractivity contribution in [2.24, 2.45) is 0 Å². The third-order valence-electron chi connectivity index (χ3n) is 4.83. The number of quaternary nitrogens is 1. The van der Waals surface area contributed by atoms with Crippen LogP contribution in [0.15, 0.2) is 24.3 Å². The molecular formula is C18H26N3O3+. The summed E-state index contributed by atoms with van der Waals surface area (Å²) in [5.41, 5.74) is 0.649. The molecule has 1 aliphatic heterocycles. The Morgan fingerprint density at radius 1 is 1.33 bits per heavy atom. The highest BCUT2D eigenvalue weighted by molar-refractivity contribution is 5.96. The predicted octanol–water partition coefficient (Wildman–Crippen LogP) is 0.787. The van der Waals surface area contributed by atoms with Crippen molar-refractivity contribution >= 4 is 17.5 Å². The fourth-order valence-electron chi connectivity index (χ4n) is 3.66. The van der Waals surface area contributed by atoms with Gasteiger partial charge in [0.1, 0.15) is 11.8 Å². The number of anilines is 1. The molecule has 24 heavy (non-hydrogen) atoms. The summed E-state index contributed by atoms with van der Waals surface area (Å²) in [4.78, 5) is 24.6. The van der Waals surface area contributed by atoms with Crippen molar-refractivity contribution in [3.8, 4) is 5.75 Å². The molecule has 1 saturated heterocycles. The smallest absolute Gasteiger partial charge is 0.279 e. The van der Waals surface area contributed by atoms with Gasteiger partial charge in [-0.15, -0.1) is 0 Å². The molecule has 1 aliphatic carbocycles. The first-order chi connectivity index (χ1) is 11.7. The van der Waals surface area contributed by atoms with Crippen LogP contribution in [0.5, 0.6) is 5.75 Å². The number of carbonyl (C=O) groups is 2. The number of para-hydroxylation sites is 2. The number of fused-ring (bicyclic) bond motifs is 1. The van der Waals surface area contributed by atoms with Gasteiger partial charge in [-0.1, -0.05) is 18.6 Å². The quantitative estimate of drug-likeness (QED) is 0.745. The van der Waals surface area contributed by atoms with E-state index in [2.05, 4.69) is 16.0 Å². The van der Waals surface area contributed by atoms with Gasteiger partial charge in [0.05, 0.1) is 24.8 Å². The van der Waals surface area contributed by atoms with Crippen molar-refractivity contribution in [2.45, 2.75) is 57.2 Å². The standard InChI is InChI=1S/C18H25N3O3/c1-2-24-16-10-6-5-9-14(16)20-17(22)11-15-18(23)21-13-8-4-3-7-12(13)19-15/h5-6,9-10,12-13,15,19H,2-4,7-8,11H2,1H3,(H,20,22)(H,21,23)/p+1/t12-,13-,15-/m0/s1. The molecule has 0 aromatic heterocycles. The second kappa shape index (κ2) is 7.66. The minimum atomic E-state index is -0.344. The highest BCUT2D eigenvalue weighted by Gasteiger charge is 2.40. The van der Waals surface area contributed by atoms with Crippen molar-refractivity contribution in [1.82, 2.24) is 5.32 Å². The van der Waals surface area contributed by atoms with E-state index in [0.717, 1.165) is 12.8 Å². The second-order valence-electron chi connectivity index (χ2n) is 6.54. The molecule has 0 radical (unpaired) electrons. The Balaban J connectivity index is 1.59. The van der Waals surface area contributed by atoms with Gasteiger partial charge < -0.3 is 20.7 Å². The molecule has 130 valence electrons. The average molecular weight is 332 g/mol. The molecule has 0 unspecified atom stereocenters. The van der Waals surface area contributed by atoms with E-state index in [0.29, 0.717) is 24.1 Å². The molecule has 2 fully saturated rings. The van der Waals surface area contributed by atoms with E-state index in [1.807, 2.05) is 31.2 Å². The molecule has 1 saturated carbocycles. The molecule has 3 atom stereocenters. The highest BCUT2D eigenvalue weighted by atomic mass is 16.5. The summed E-state index contributed by atoms with van der Waals surface area (Å²) in [6.07, 6.45) is 4.71. The molecule has 1 aromatic carbocycles. The first kappa shape index (κ1) is 16.8. The van der Waals surface area contributed by atoms with Crippen LogP contribution >= 0.6 is 0 Å². The third-order valence-corrected chi connectivity index (χ3v) is 4.83. The van der Waals surface area contributed by atoms with Crippen molar-refractivity contribution < 1.29 is 19.6 Å². The number of nitrogens with one attached hydrogen (secondary N) is 2. The molecular weight excluding hydrogens is 306 g/mol. The monoisotopic (exact) mass is 332 g/mol. The lowest BCUT2D eigenvalue weighted by Crippen LogP contribution is -3.03. The molecule has 6 nitrogen and oxygen atoms in total. The molecule has 0 bridgehead atoms. The molecule has 6 heteroatoms. The number of ether oxygens (including phenoxy) is 1. The number of benzene rings is 1. The minimum Gasteiger partial charge on any atom is -0.492 e. The van der Waals surface area contributed by atoms with Crippen LogP contribution in [0.1, 0.15) is 39.0 Å². The van der Waals surface area contributed by atoms with Gasteiger partial charge in [0.25, 0.3) is 5.91 Å². The Hall–Kier alpha value is -2.08. The maximum atomic E-state index is 12.4. The van der Waals surface area contributed by atoms with Crippen molar-refractivity contribution in [3.63, 3.8) is 0 Å². The third kappa shape index (κ3) is 3.87. The number of carbonyl (C=O) groups excluding carboxylic acids is 2. The Bertz CT molecular complexity index is 605. The fraction of sp³-hybridized carbons (Fsp3) is 0.556. The van der Waals surface area contributed by atoms with Gasteiger partial charge in [-0.2, -0.15) is 0 Å². The van der Waals surface area contributed by atoms with Crippen molar-refractivity contribution in [1.29, 1.82) is 0 Å². The van der Waals surface area contributed by atoms with Crippen LogP contribution in [0, 0.1) is 0 Å². The summed E-state index contributed by atoms with van der Waals surface area (Å²) >= 11 is 0. The van der Waals surface area contributed by atoms with Crippen LogP contribution in [0.4, 0.5) is 5.69 Å². The van der Waals surface area contributed by atoms with Crippen LogP contribution < -0.4 is 20.7 Å². The molecule has 4 N–H and O–H groups in total. The van der Waals surface area contributed by atoms with E-state index < -0.39 is 0 Å². The number of hydrogen-bond acceptors (Lipinski definition) is 3. The molecule has 0 spiro atoms. The summed E-state index contributed by atoms with van der Waals surface area (Å²) in [7, 11) is 0. The zero-order valence-corrected chi connectivity index (χ0v) is 14.1. The largest absolute Gasteiger partial charge is 0.492 e. The summed E-state index contributed by atoms with van der Waals surface area (Å²) in [5.74, 6) is 0.469. The lowest BCUT2D eigenvalue weighted by atomic mass is 9.87. The zero-order valence-electron chi connectivity index (χ0n) is 14.1. The van der Waals surface area contributed by atoms with E-state index in [1.54, 1.807) is 0 Å². The SMILES string of the molecule is CCOc1ccccc1NC(=O)C[C@@H]1[NH2+][C@H]2CCCC[C@@H]2NC1=O. The van der Waals surface area contributed by atoms with Crippen molar-refractivity contribution in [3.05, 3.63) is 24.3 Å². The number of amides is 2. The van der Waals surface area contributed by atoms with E-state index in [9.17, 15) is 9.59 Å². The zero-order chi connectivity index (χ0) is 16.9. The summed E-state index contributed by atoms with van der Waals surface area (Å²) in [6.45, 7) is 2.44. The van der Waals surface area contributed by atoms with E-state index in [1.165, 1.54) is 12.8 Å². The molecule has 2 aliphatic rings. The Kier molecular flexibility index (Phi) is 5.35. The van der Waals surface area contributed by atoms with Gasteiger partial charge in [-0.25, -0.2) is 0 Å². The fourth-order valence-corrected chi connectivity index (χ4v) is 3.66. The number of rotatable bonds is 5. The van der Waals surface area contributed by atoms with Gasteiger partial charge >= 0.3 is 0 Å². The maximum Gasteiger partial charge on any atom is 0.279 e. The highest BCUT2D eigenvalue weighted by Crippen LogP contribution is 2.24. The normalized spacial score (nSPS) is 26.2. The number of hydrogen-bond donors (Lipinski definition) is 3. The number of nitrogens with two attached hydrogens (primary N) is 1. The van der Waals surface area contributed by atoms with Crippen molar-refractivity contribution in [2.75, 3.05) is 11.9 Å². The van der Waals surface area contributed by atoms with Crippen LogP contribution in [0.3, 0.4) is 0 Å². The molecule has 3 rings (SSSR count). The first-order valence-corrected chi connectivity index (χ1v) is 8.84.